The number of halogens is 3. The van der Waals surface area contributed by atoms with Gasteiger partial charge in [-0.1, -0.05) is 29.8 Å². The first-order valence-corrected chi connectivity index (χ1v) is 16.5. The molecule has 1 saturated heterocycles. The van der Waals surface area contributed by atoms with Crippen molar-refractivity contribution in [1.82, 2.24) is 19.5 Å². The molecule has 0 saturated carbocycles. The molecule has 0 spiro atoms. The molecule has 2 aromatic carbocycles. The third-order valence-corrected chi connectivity index (χ3v) is 8.16. The Hall–Kier alpha value is -5.40. The van der Waals surface area contributed by atoms with Crippen LogP contribution in [0.4, 0.5) is 18.0 Å². The molecular weight excluding hydrogens is 693 g/mol. The maximum Gasteiger partial charge on any atom is 0.511 e. The fourth-order valence-corrected chi connectivity index (χ4v) is 5.31. The molecule has 1 aliphatic heterocycles. The molecule has 1 aliphatic rings. The molecule has 270 valence electrons. The van der Waals surface area contributed by atoms with E-state index in [4.69, 9.17) is 19.0 Å². The third-order valence-electron chi connectivity index (χ3n) is 6.77. The van der Waals surface area contributed by atoms with Gasteiger partial charge in [0.1, 0.15) is 19.2 Å². The normalized spacial score (nSPS) is 14.5. The molecule has 1 atom stereocenters. The monoisotopic (exact) mass is 726 g/mol. The van der Waals surface area contributed by atoms with E-state index in [-0.39, 0.29) is 34.3 Å². The summed E-state index contributed by atoms with van der Waals surface area (Å²) >= 11 is 0. The number of ether oxygens (including phenoxy) is 3. The Labute approximate surface area is 283 Å². The Balaban J connectivity index is 1.26. The second-order valence-electron chi connectivity index (χ2n) is 11.2. The number of amides is 1. The molecule has 2 heterocycles. The minimum absolute atomic E-state index is 0.0636. The zero-order valence-electron chi connectivity index (χ0n) is 27.1. The molecule has 0 bridgehead atoms. The number of sulfonamides is 1. The number of carbonyl (C=O) groups is 3. The number of benzene rings is 2. The van der Waals surface area contributed by atoms with E-state index in [1.807, 2.05) is 11.6 Å². The second-order valence-corrected chi connectivity index (χ2v) is 12.9. The van der Waals surface area contributed by atoms with Crippen molar-refractivity contribution >= 4 is 28.1 Å². The van der Waals surface area contributed by atoms with Crippen molar-refractivity contribution < 1.29 is 60.0 Å². The minimum Gasteiger partial charge on any atom is -0.569 e. The number of nitrogens with zero attached hydrogens (tertiary/aromatic N) is 5. The molecule has 0 radical (unpaired) electrons. The highest BCUT2D eigenvalue weighted by Crippen LogP contribution is 2.33. The van der Waals surface area contributed by atoms with Crippen molar-refractivity contribution in [3.8, 4) is 16.9 Å². The summed E-state index contributed by atoms with van der Waals surface area (Å²) in [5.74, 6) is -1.84. The van der Waals surface area contributed by atoms with Gasteiger partial charge in [-0.3, -0.25) is 14.4 Å². The number of hydrogen-bond donors (Lipinski definition) is 1. The van der Waals surface area contributed by atoms with E-state index in [0.717, 1.165) is 33.5 Å². The third kappa shape index (κ3) is 10.1. The van der Waals surface area contributed by atoms with Crippen LogP contribution in [0.5, 0.6) is 0 Å². The Morgan fingerprint density at radius 3 is 2.28 bits per heavy atom. The van der Waals surface area contributed by atoms with Crippen molar-refractivity contribution in [2.24, 2.45) is 5.28 Å². The van der Waals surface area contributed by atoms with Gasteiger partial charge < -0.3 is 19.4 Å². The molecule has 1 aromatic heterocycles. The van der Waals surface area contributed by atoms with E-state index in [9.17, 15) is 41.2 Å². The van der Waals surface area contributed by atoms with Gasteiger partial charge in [0, 0.05) is 18.9 Å². The predicted octanol–water partition coefficient (Wildman–Crippen LogP) is 4.40. The highest BCUT2D eigenvalue weighted by molar-refractivity contribution is 7.90. The summed E-state index contributed by atoms with van der Waals surface area (Å²) in [6.07, 6.45) is -9.13. The first-order valence-electron chi connectivity index (χ1n) is 15.0. The van der Waals surface area contributed by atoms with Crippen LogP contribution in [0.25, 0.3) is 16.9 Å². The molecule has 1 unspecified atom stereocenters. The van der Waals surface area contributed by atoms with Gasteiger partial charge in [0.25, 0.3) is 16.3 Å². The quantitative estimate of drug-likeness (QED) is 0.0860. The summed E-state index contributed by atoms with van der Waals surface area (Å²) in [5.41, 5.74) is 0.467. The van der Waals surface area contributed by atoms with Crippen LogP contribution in [-0.2, 0) is 44.8 Å². The van der Waals surface area contributed by atoms with Crippen molar-refractivity contribution in [3.05, 3.63) is 71.1 Å². The lowest BCUT2D eigenvalue weighted by Gasteiger charge is -2.33. The number of hydrazine groups is 1. The number of hydrogen-bond acceptors (Lipinski definition) is 12. The van der Waals surface area contributed by atoms with Gasteiger partial charge in [0.05, 0.1) is 33.8 Å². The lowest BCUT2D eigenvalue weighted by Crippen LogP contribution is -2.55. The summed E-state index contributed by atoms with van der Waals surface area (Å²) in [6, 6.07) is 12.3. The Kier molecular flexibility index (Phi) is 11.6. The minimum atomic E-state index is -4.73. The maximum absolute atomic E-state index is 13.5. The van der Waals surface area contributed by atoms with Crippen LogP contribution in [0, 0.1) is 12.1 Å². The van der Waals surface area contributed by atoms with Gasteiger partial charge in [-0.25, -0.2) is 22.6 Å². The van der Waals surface area contributed by atoms with Crippen molar-refractivity contribution in [3.63, 3.8) is 0 Å². The highest BCUT2D eigenvalue weighted by Gasteiger charge is 2.37. The predicted molar refractivity (Wildman–Crippen MR) is 164 cm³/mol. The van der Waals surface area contributed by atoms with Crippen LogP contribution < -0.4 is 4.72 Å². The van der Waals surface area contributed by atoms with E-state index in [1.54, 1.807) is 38.1 Å². The van der Waals surface area contributed by atoms with Crippen LogP contribution in [-0.4, -0.2) is 77.8 Å². The van der Waals surface area contributed by atoms with Crippen LogP contribution in [0.1, 0.15) is 44.9 Å². The fraction of sp³-hybridized carbons (Fsp3) is 0.400. The van der Waals surface area contributed by atoms with Crippen LogP contribution in [0.2, 0.25) is 0 Å². The number of rotatable bonds is 13. The Bertz CT molecular complexity index is 1820. The molecule has 0 aliphatic carbocycles. The molecule has 50 heavy (non-hydrogen) atoms. The van der Waals surface area contributed by atoms with Gasteiger partial charge >= 0.3 is 18.3 Å². The SMILES string of the molecule is Cc1ccc(-c2cc(C(F)(F)F)nn2-c2ccc(S(=O)(=O)NC(=O)CCC(=O)OC3CN(/[N+]([O-])=N\OC(C)OC(=O)OC(C)C)C3)cc2)cc1. The largest absolute Gasteiger partial charge is 0.569 e. The van der Waals surface area contributed by atoms with Crippen LogP contribution >= 0.6 is 0 Å². The standard InChI is InChI=1S/C30H33F3N6O10S/c1-18(2)46-29(42)47-20(4)49-36-39(43)37-16-23(17-37)48-28(41)14-13-27(40)35-50(44,45)24-11-9-22(10-12-24)38-25(15-26(34-38)30(31,32)33)21-7-5-19(3)6-8-21/h5-12,15,18,20,23H,13-14,16-17H2,1-4H3,(H,35,40)/b39-36+. The molecule has 1 fully saturated rings. The molecule has 4 rings (SSSR count). The highest BCUT2D eigenvalue weighted by atomic mass is 32.2. The summed E-state index contributed by atoms with van der Waals surface area (Å²) in [5, 5.41) is 20.0. The van der Waals surface area contributed by atoms with E-state index in [1.165, 1.54) is 19.1 Å². The average molecular weight is 727 g/mol. The van der Waals surface area contributed by atoms with Crippen LogP contribution in [0.3, 0.4) is 0 Å². The van der Waals surface area contributed by atoms with Crippen LogP contribution in [0.15, 0.2) is 64.8 Å². The molecule has 20 heteroatoms. The number of aromatic nitrogens is 2. The second kappa shape index (κ2) is 15.4. The zero-order chi connectivity index (χ0) is 36.8. The number of carbonyl (C=O) groups excluding carboxylic acids is 3. The molecule has 1 amide bonds. The number of alkyl halides is 3. The van der Waals surface area contributed by atoms with Gasteiger partial charge in [0.15, 0.2) is 5.69 Å². The maximum atomic E-state index is 13.5. The average Bonchev–Trinajstić information content (AvgIpc) is 3.47. The molecule has 16 nitrogen and oxygen atoms in total. The topological polar surface area (TPSA) is 194 Å². The summed E-state index contributed by atoms with van der Waals surface area (Å²) in [4.78, 5) is 40.4. The van der Waals surface area contributed by atoms with E-state index in [0.29, 0.717) is 5.56 Å². The molecular formula is C30H33F3N6O10S. The Morgan fingerprint density at radius 1 is 1.04 bits per heavy atom. The Morgan fingerprint density at radius 2 is 1.68 bits per heavy atom. The molecule has 1 N–H and O–H groups in total. The number of nitrogens with one attached hydrogen (secondary N) is 1. The first kappa shape index (κ1) is 37.4. The van der Waals surface area contributed by atoms with Gasteiger partial charge in [0.2, 0.25) is 11.2 Å². The van der Waals surface area contributed by atoms with Gasteiger partial charge in [-0.05, 0) is 51.1 Å². The number of esters is 1. The lowest BCUT2D eigenvalue weighted by atomic mass is 10.1. The zero-order valence-corrected chi connectivity index (χ0v) is 27.9. The van der Waals surface area contributed by atoms with E-state index < -0.39 is 71.3 Å². The van der Waals surface area contributed by atoms with E-state index >= 15 is 0 Å². The first-order chi connectivity index (χ1) is 23.4. The van der Waals surface area contributed by atoms with Gasteiger partial charge in [-0.2, -0.15) is 18.3 Å². The summed E-state index contributed by atoms with van der Waals surface area (Å²) in [7, 11) is -4.41. The van der Waals surface area contributed by atoms with Gasteiger partial charge in [-0.15, -0.1) is 5.01 Å². The van der Waals surface area contributed by atoms with E-state index in [2.05, 4.69) is 10.4 Å². The summed E-state index contributed by atoms with van der Waals surface area (Å²) < 4.78 is 83.6. The molecule has 3 aromatic rings. The summed E-state index contributed by atoms with van der Waals surface area (Å²) in [6.45, 7) is 6.23. The van der Waals surface area contributed by atoms with Crippen molar-refractivity contribution in [1.29, 1.82) is 0 Å². The lowest BCUT2D eigenvalue weighted by molar-refractivity contribution is -0.728. The van der Waals surface area contributed by atoms with Crippen molar-refractivity contribution in [2.75, 3.05) is 13.1 Å². The van der Waals surface area contributed by atoms with Crippen molar-refractivity contribution in [2.45, 2.75) is 70.1 Å². The fourth-order valence-electron chi connectivity index (χ4n) is 4.30. The number of aryl methyl sites for hydroxylation is 1. The smallest absolute Gasteiger partial charge is 0.511 e.